The Morgan fingerprint density at radius 2 is 1.89 bits per heavy atom. The molecule has 2 atom stereocenters. The van der Waals surface area contributed by atoms with Crippen LogP contribution in [0.5, 0.6) is 0 Å². The molecule has 102 valence electrons. The minimum Gasteiger partial charge on any atom is -0.390 e. The van der Waals surface area contributed by atoms with E-state index in [4.69, 9.17) is 5.73 Å². The van der Waals surface area contributed by atoms with Crippen LogP contribution in [-0.2, 0) is 6.18 Å². The van der Waals surface area contributed by atoms with Crippen LogP contribution in [0.1, 0.15) is 29.2 Å². The van der Waals surface area contributed by atoms with Crippen molar-refractivity contribution in [3.05, 3.63) is 34.9 Å². The van der Waals surface area contributed by atoms with Crippen molar-refractivity contribution < 1.29 is 23.4 Å². The summed E-state index contributed by atoms with van der Waals surface area (Å²) in [5.74, 6) is 0. The second-order valence-electron chi connectivity index (χ2n) is 4.16. The van der Waals surface area contributed by atoms with E-state index in [2.05, 4.69) is 0 Å². The highest BCUT2D eigenvalue weighted by Crippen LogP contribution is 2.32. The summed E-state index contributed by atoms with van der Waals surface area (Å²) in [5.41, 5.74) is 5.04. The third-order valence-electron chi connectivity index (χ3n) is 2.74. The quantitative estimate of drug-likeness (QED) is 0.775. The molecule has 0 aliphatic heterocycles. The molecule has 0 aromatic heterocycles. The van der Waals surface area contributed by atoms with Crippen molar-refractivity contribution in [2.75, 3.05) is 6.54 Å². The minimum atomic E-state index is -4.41. The molecular formula is C12H16F3NO2. The number of benzene rings is 1. The lowest BCUT2D eigenvalue weighted by Gasteiger charge is -2.20. The summed E-state index contributed by atoms with van der Waals surface area (Å²) in [6, 6.07) is 3.02. The van der Waals surface area contributed by atoms with E-state index < -0.39 is 23.9 Å². The summed E-state index contributed by atoms with van der Waals surface area (Å²) in [6.07, 6.45) is -6.53. The normalized spacial score (nSPS) is 15.5. The van der Waals surface area contributed by atoms with Gasteiger partial charge in [-0.2, -0.15) is 13.2 Å². The van der Waals surface area contributed by atoms with Crippen LogP contribution in [0, 0.1) is 6.92 Å². The third-order valence-corrected chi connectivity index (χ3v) is 2.74. The average Bonchev–Trinajstić information content (AvgIpc) is 2.27. The molecule has 0 saturated carbocycles. The zero-order valence-electron chi connectivity index (χ0n) is 9.91. The number of aryl methyl sites for hydroxylation is 1. The Morgan fingerprint density at radius 3 is 2.33 bits per heavy atom. The van der Waals surface area contributed by atoms with Gasteiger partial charge in [0.1, 0.15) is 6.10 Å². The topological polar surface area (TPSA) is 66.5 Å². The highest BCUT2D eigenvalue weighted by molar-refractivity contribution is 5.34. The van der Waals surface area contributed by atoms with E-state index >= 15 is 0 Å². The zero-order valence-corrected chi connectivity index (χ0v) is 9.91. The Morgan fingerprint density at radius 1 is 1.28 bits per heavy atom. The van der Waals surface area contributed by atoms with Gasteiger partial charge < -0.3 is 15.9 Å². The first kappa shape index (κ1) is 14.9. The highest BCUT2D eigenvalue weighted by atomic mass is 19.4. The van der Waals surface area contributed by atoms with Gasteiger partial charge >= 0.3 is 6.18 Å². The van der Waals surface area contributed by atoms with Crippen molar-refractivity contribution >= 4 is 0 Å². The van der Waals surface area contributed by atoms with Crippen molar-refractivity contribution in [1.29, 1.82) is 0 Å². The fraction of sp³-hybridized carbons (Fsp3) is 0.500. The number of alkyl halides is 3. The number of hydrogen-bond donors (Lipinski definition) is 3. The predicted octanol–water partition coefficient (Wildman–Crippen LogP) is 1.76. The number of halogens is 3. The maximum Gasteiger partial charge on any atom is 0.416 e. The van der Waals surface area contributed by atoms with Gasteiger partial charge in [0.25, 0.3) is 0 Å². The lowest BCUT2D eigenvalue weighted by Crippen LogP contribution is -2.22. The number of aliphatic hydroxyl groups excluding tert-OH is 2. The second-order valence-corrected chi connectivity index (χ2v) is 4.16. The van der Waals surface area contributed by atoms with Gasteiger partial charge in [0.2, 0.25) is 0 Å². The van der Waals surface area contributed by atoms with E-state index in [0.29, 0.717) is 0 Å². The molecule has 2 unspecified atom stereocenters. The maximum absolute atomic E-state index is 12.5. The van der Waals surface area contributed by atoms with Crippen LogP contribution in [0.15, 0.2) is 18.2 Å². The van der Waals surface area contributed by atoms with Crippen LogP contribution >= 0.6 is 0 Å². The van der Waals surface area contributed by atoms with Crippen LogP contribution < -0.4 is 5.73 Å². The lowest BCUT2D eigenvalue weighted by molar-refractivity contribution is -0.137. The first-order chi connectivity index (χ1) is 8.27. The molecule has 0 heterocycles. The standard InChI is InChI=1S/C12H16F3NO2/c1-7-6-8(12(13,14)15)2-3-9(7)11(18)10(17)4-5-16/h2-3,6,10-11,17-18H,4-5,16H2,1H3. The van der Waals surface area contributed by atoms with E-state index in [-0.39, 0.29) is 24.1 Å². The van der Waals surface area contributed by atoms with Gasteiger partial charge in [0.05, 0.1) is 11.7 Å². The summed E-state index contributed by atoms with van der Waals surface area (Å²) < 4.78 is 37.4. The second kappa shape index (κ2) is 5.69. The molecule has 0 saturated heterocycles. The molecule has 4 N–H and O–H groups in total. The monoisotopic (exact) mass is 263 g/mol. The zero-order chi connectivity index (χ0) is 13.9. The molecule has 3 nitrogen and oxygen atoms in total. The van der Waals surface area contributed by atoms with Crippen LogP contribution in [-0.4, -0.2) is 22.9 Å². The van der Waals surface area contributed by atoms with E-state index in [1.165, 1.54) is 13.0 Å². The van der Waals surface area contributed by atoms with Gasteiger partial charge in [-0.3, -0.25) is 0 Å². The van der Waals surface area contributed by atoms with E-state index in [1.54, 1.807) is 0 Å². The van der Waals surface area contributed by atoms with Gasteiger partial charge in [0.15, 0.2) is 0 Å². The average molecular weight is 263 g/mol. The predicted molar refractivity (Wildman–Crippen MR) is 60.8 cm³/mol. The smallest absolute Gasteiger partial charge is 0.390 e. The first-order valence-electron chi connectivity index (χ1n) is 5.51. The number of rotatable bonds is 4. The van der Waals surface area contributed by atoms with E-state index in [1.807, 2.05) is 0 Å². The molecule has 0 aliphatic rings. The third kappa shape index (κ3) is 3.44. The van der Waals surface area contributed by atoms with Gasteiger partial charge in [-0.25, -0.2) is 0 Å². The molecule has 0 radical (unpaired) electrons. The van der Waals surface area contributed by atoms with Gasteiger partial charge in [-0.15, -0.1) is 0 Å². The summed E-state index contributed by atoms with van der Waals surface area (Å²) in [5, 5.41) is 19.4. The Bertz CT molecular complexity index is 407. The van der Waals surface area contributed by atoms with Crippen molar-refractivity contribution in [1.82, 2.24) is 0 Å². The molecule has 0 spiro atoms. The summed E-state index contributed by atoms with van der Waals surface area (Å²) in [7, 11) is 0. The highest BCUT2D eigenvalue weighted by Gasteiger charge is 2.31. The molecule has 1 aromatic carbocycles. The number of aliphatic hydroxyl groups is 2. The fourth-order valence-corrected chi connectivity index (χ4v) is 1.72. The SMILES string of the molecule is Cc1cc(C(F)(F)F)ccc1C(O)C(O)CCN. The van der Waals surface area contributed by atoms with Crippen LogP contribution in [0.3, 0.4) is 0 Å². The Hall–Kier alpha value is -1.11. The molecule has 0 fully saturated rings. The number of nitrogens with two attached hydrogens (primary N) is 1. The Kier molecular flexibility index (Phi) is 4.72. The van der Waals surface area contributed by atoms with Crippen LogP contribution in [0.25, 0.3) is 0 Å². The Balaban J connectivity index is 2.99. The Labute approximate surface area is 103 Å². The molecule has 6 heteroatoms. The van der Waals surface area contributed by atoms with Gasteiger partial charge in [-0.1, -0.05) is 6.07 Å². The molecule has 0 amide bonds. The molecule has 1 rings (SSSR count). The largest absolute Gasteiger partial charge is 0.416 e. The van der Waals surface area contributed by atoms with Crippen molar-refractivity contribution in [3.8, 4) is 0 Å². The van der Waals surface area contributed by atoms with Crippen molar-refractivity contribution in [2.24, 2.45) is 5.73 Å². The van der Waals surface area contributed by atoms with Gasteiger partial charge in [-0.05, 0) is 43.1 Å². The van der Waals surface area contributed by atoms with Crippen LogP contribution in [0.2, 0.25) is 0 Å². The van der Waals surface area contributed by atoms with Crippen molar-refractivity contribution in [2.45, 2.75) is 31.7 Å². The molecule has 0 bridgehead atoms. The summed E-state index contributed by atoms with van der Waals surface area (Å²) in [6.45, 7) is 1.65. The summed E-state index contributed by atoms with van der Waals surface area (Å²) >= 11 is 0. The van der Waals surface area contributed by atoms with E-state index in [9.17, 15) is 23.4 Å². The fourth-order valence-electron chi connectivity index (χ4n) is 1.72. The molecular weight excluding hydrogens is 247 g/mol. The van der Waals surface area contributed by atoms with Crippen LogP contribution in [0.4, 0.5) is 13.2 Å². The maximum atomic E-state index is 12.5. The van der Waals surface area contributed by atoms with E-state index in [0.717, 1.165) is 12.1 Å². The van der Waals surface area contributed by atoms with Gasteiger partial charge in [0, 0.05) is 0 Å². The molecule has 1 aromatic rings. The molecule has 0 aliphatic carbocycles. The minimum absolute atomic E-state index is 0.182. The molecule has 18 heavy (non-hydrogen) atoms. The van der Waals surface area contributed by atoms with Crippen molar-refractivity contribution in [3.63, 3.8) is 0 Å². The first-order valence-corrected chi connectivity index (χ1v) is 5.51. The lowest BCUT2D eigenvalue weighted by atomic mass is 9.96. The summed E-state index contributed by atoms with van der Waals surface area (Å²) in [4.78, 5) is 0. The number of hydrogen-bond acceptors (Lipinski definition) is 3.